The SMILES string of the molecule is CCN(CC)CCn1c(NC(=O)c2ccccc2S(C)(=O)=O)nc2ccccc21. The molecule has 0 aliphatic rings. The average Bonchev–Trinajstić information content (AvgIpc) is 3.05. The monoisotopic (exact) mass is 414 g/mol. The van der Waals surface area contributed by atoms with E-state index in [2.05, 4.69) is 29.0 Å². The number of benzene rings is 2. The molecule has 0 saturated carbocycles. The zero-order valence-corrected chi connectivity index (χ0v) is 17.7. The summed E-state index contributed by atoms with van der Waals surface area (Å²) < 4.78 is 26.1. The van der Waals surface area contributed by atoms with E-state index in [0.717, 1.165) is 36.9 Å². The standard InChI is InChI=1S/C21H26N4O3S/c1-4-24(5-2)14-15-25-18-12-8-7-11-17(18)22-21(25)23-20(26)16-10-6-9-13-19(16)29(3,27)28/h6-13H,4-5,14-15H2,1-3H3,(H,22,23,26). The number of carbonyl (C=O) groups is 1. The van der Waals surface area contributed by atoms with Crippen molar-refractivity contribution in [3.05, 3.63) is 54.1 Å². The van der Waals surface area contributed by atoms with Crippen LogP contribution in [0.3, 0.4) is 0 Å². The summed E-state index contributed by atoms with van der Waals surface area (Å²) in [6.45, 7) is 7.57. The van der Waals surface area contributed by atoms with Crippen LogP contribution >= 0.6 is 0 Å². The van der Waals surface area contributed by atoms with Gasteiger partial charge in [0.25, 0.3) is 5.91 Å². The Bertz CT molecular complexity index is 1120. The number of aromatic nitrogens is 2. The Morgan fingerprint density at radius 3 is 2.41 bits per heavy atom. The topological polar surface area (TPSA) is 84.3 Å². The highest BCUT2D eigenvalue weighted by Gasteiger charge is 2.20. The lowest BCUT2D eigenvalue weighted by molar-refractivity contribution is 0.102. The van der Waals surface area contributed by atoms with Crippen molar-refractivity contribution >= 4 is 32.7 Å². The van der Waals surface area contributed by atoms with E-state index in [1.807, 2.05) is 28.8 Å². The number of sulfone groups is 1. The normalized spacial score (nSPS) is 11.9. The van der Waals surface area contributed by atoms with Crippen LogP contribution in [0.25, 0.3) is 11.0 Å². The highest BCUT2D eigenvalue weighted by molar-refractivity contribution is 7.90. The van der Waals surface area contributed by atoms with Gasteiger partial charge in [0.05, 0.1) is 21.5 Å². The van der Waals surface area contributed by atoms with Gasteiger partial charge in [-0.3, -0.25) is 10.1 Å². The second-order valence-corrected chi connectivity index (χ2v) is 8.81. The first-order valence-corrected chi connectivity index (χ1v) is 11.5. The average molecular weight is 415 g/mol. The first kappa shape index (κ1) is 21.0. The molecule has 0 saturated heterocycles. The fourth-order valence-corrected chi connectivity index (χ4v) is 4.21. The van der Waals surface area contributed by atoms with Gasteiger partial charge in [0, 0.05) is 19.3 Å². The quantitative estimate of drug-likeness (QED) is 0.612. The molecule has 0 unspecified atom stereocenters. The molecule has 1 aromatic heterocycles. The van der Waals surface area contributed by atoms with E-state index in [9.17, 15) is 13.2 Å². The van der Waals surface area contributed by atoms with Gasteiger partial charge in [0.1, 0.15) is 0 Å². The van der Waals surface area contributed by atoms with Crippen LogP contribution in [0.5, 0.6) is 0 Å². The minimum Gasteiger partial charge on any atom is -0.309 e. The lowest BCUT2D eigenvalue weighted by Crippen LogP contribution is -2.28. The molecule has 3 rings (SSSR count). The molecule has 8 heteroatoms. The fourth-order valence-electron chi connectivity index (χ4n) is 3.32. The van der Waals surface area contributed by atoms with Crippen molar-refractivity contribution in [3.8, 4) is 0 Å². The molecule has 0 atom stereocenters. The third-order valence-corrected chi connectivity index (χ3v) is 6.10. The first-order valence-electron chi connectivity index (χ1n) is 9.63. The molecule has 0 bridgehead atoms. The zero-order valence-electron chi connectivity index (χ0n) is 16.9. The van der Waals surface area contributed by atoms with E-state index in [4.69, 9.17) is 0 Å². The van der Waals surface area contributed by atoms with Crippen molar-refractivity contribution in [1.29, 1.82) is 0 Å². The van der Waals surface area contributed by atoms with Crippen LogP contribution in [0, 0.1) is 0 Å². The van der Waals surface area contributed by atoms with E-state index in [-0.39, 0.29) is 10.5 Å². The van der Waals surface area contributed by atoms with Gasteiger partial charge in [-0.05, 0) is 37.4 Å². The Balaban J connectivity index is 1.96. The predicted molar refractivity (Wildman–Crippen MR) is 115 cm³/mol. The van der Waals surface area contributed by atoms with Crippen molar-refractivity contribution in [2.24, 2.45) is 0 Å². The molecule has 0 radical (unpaired) electrons. The summed E-state index contributed by atoms with van der Waals surface area (Å²) in [5.74, 6) is -0.0860. The summed E-state index contributed by atoms with van der Waals surface area (Å²) in [7, 11) is -3.53. The number of amides is 1. The summed E-state index contributed by atoms with van der Waals surface area (Å²) in [5.41, 5.74) is 1.81. The molecule has 1 N–H and O–H groups in total. The summed E-state index contributed by atoms with van der Waals surface area (Å²) >= 11 is 0. The second-order valence-electron chi connectivity index (χ2n) is 6.83. The molecule has 0 spiro atoms. The Kier molecular flexibility index (Phi) is 6.34. The third kappa shape index (κ3) is 4.65. The summed E-state index contributed by atoms with van der Waals surface area (Å²) in [6.07, 6.45) is 1.10. The number of carbonyl (C=O) groups excluding carboxylic acids is 1. The molecule has 7 nitrogen and oxygen atoms in total. The van der Waals surface area contributed by atoms with E-state index in [1.54, 1.807) is 12.1 Å². The Morgan fingerprint density at radius 1 is 1.07 bits per heavy atom. The van der Waals surface area contributed by atoms with E-state index in [1.165, 1.54) is 12.1 Å². The third-order valence-electron chi connectivity index (χ3n) is 4.95. The molecule has 1 amide bonds. The molecule has 2 aromatic carbocycles. The Hall–Kier alpha value is -2.71. The largest absolute Gasteiger partial charge is 0.309 e. The lowest BCUT2D eigenvalue weighted by atomic mass is 10.2. The van der Waals surface area contributed by atoms with E-state index >= 15 is 0 Å². The number of nitrogens with one attached hydrogen (secondary N) is 1. The number of likely N-dealkylation sites (N-methyl/N-ethyl adjacent to an activating group) is 1. The molecular weight excluding hydrogens is 388 g/mol. The number of anilines is 1. The van der Waals surface area contributed by atoms with E-state index in [0.29, 0.717) is 12.5 Å². The van der Waals surface area contributed by atoms with Gasteiger partial charge >= 0.3 is 0 Å². The number of hydrogen-bond acceptors (Lipinski definition) is 5. The van der Waals surface area contributed by atoms with Crippen molar-refractivity contribution in [2.45, 2.75) is 25.3 Å². The van der Waals surface area contributed by atoms with Crippen molar-refractivity contribution in [3.63, 3.8) is 0 Å². The van der Waals surface area contributed by atoms with Gasteiger partial charge in [-0.25, -0.2) is 13.4 Å². The molecular formula is C21H26N4O3S. The van der Waals surface area contributed by atoms with E-state index < -0.39 is 15.7 Å². The molecule has 29 heavy (non-hydrogen) atoms. The Morgan fingerprint density at radius 2 is 1.72 bits per heavy atom. The summed E-state index contributed by atoms with van der Waals surface area (Å²) in [6, 6.07) is 13.9. The van der Waals surface area contributed by atoms with Crippen molar-refractivity contribution in [1.82, 2.24) is 14.5 Å². The fraction of sp³-hybridized carbons (Fsp3) is 0.333. The number of para-hydroxylation sites is 2. The van der Waals surface area contributed by atoms with Crippen molar-refractivity contribution < 1.29 is 13.2 Å². The van der Waals surface area contributed by atoms with Gasteiger partial charge < -0.3 is 9.47 Å². The van der Waals surface area contributed by atoms with Gasteiger partial charge in [0.15, 0.2) is 9.84 Å². The molecule has 1 heterocycles. The number of rotatable bonds is 8. The summed E-state index contributed by atoms with van der Waals surface area (Å²) in [4.78, 5) is 19.8. The first-order chi connectivity index (χ1) is 13.8. The molecule has 3 aromatic rings. The van der Waals surface area contributed by atoms with Gasteiger partial charge in [0.2, 0.25) is 5.95 Å². The highest BCUT2D eigenvalue weighted by Crippen LogP contribution is 2.22. The van der Waals surface area contributed by atoms with Gasteiger partial charge in [-0.2, -0.15) is 0 Å². The maximum atomic E-state index is 12.9. The van der Waals surface area contributed by atoms with Gasteiger partial charge in [-0.1, -0.05) is 38.1 Å². The molecule has 0 fully saturated rings. The number of fused-ring (bicyclic) bond motifs is 1. The zero-order chi connectivity index (χ0) is 21.0. The van der Waals surface area contributed by atoms with Crippen LogP contribution in [0.4, 0.5) is 5.95 Å². The molecule has 154 valence electrons. The van der Waals surface area contributed by atoms with Crippen molar-refractivity contribution in [2.75, 3.05) is 31.2 Å². The Labute approximate surface area is 171 Å². The van der Waals surface area contributed by atoms with Crippen LogP contribution < -0.4 is 5.32 Å². The molecule has 0 aliphatic heterocycles. The van der Waals surface area contributed by atoms with Gasteiger partial charge in [-0.15, -0.1) is 0 Å². The minimum atomic E-state index is -3.53. The maximum absolute atomic E-state index is 12.9. The number of hydrogen-bond donors (Lipinski definition) is 1. The van der Waals surface area contributed by atoms with Crippen LogP contribution in [-0.2, 0) is 16.4 Å². The van der Waals surface area contributed by atoms with Crippen LogP contribution in [0.1, 0.15) is 24.2 Å². The van der Waals surface area contributed by atoms with Crippen LogP contribution in [0.15, 0.2) is 53.4 Å². The molecule has 0 aliphatic carbocycles. The highest BCUT2D eigenvalue weighted by atomic mass is 32.2. The van der Waals surface area contributed by atoms with Crippen LogP contribution in [0.2, 0.25) is 0 Å². The van der Waals surface area contributed by atoms with Crippen LogP contribution in [-0.4, -0.2) is 54.7 Å². The number of nitrogens with zero attached hydrogens (tertiary/aromatic N) is 3. The minimum absolute atomic E-state index is 0.00306. The lowest BCUT2D eigenvalue weighted by Gasteiger charge is -2.19. The maximum Gasteiger partial charge on any atom is 0.259 e. The smallest absolute Gasteiger partial charge is 0.259 e. The second kappa shape index (κ2) is 8.75. The summed E-state index contributed by atoms with van der Waals surface area (Å²) in [5, 5.41) is 2.82. The predicted octanol–water partition coefficient (Wildman–Crippen LogP) is 3.03. The number of imidazole rings is 1.